The number of hydrogen-bond acceptors (Lipinski definition) is 4. The van der Waals surface area contributed by atoms with Crippen LogP contribution in [0.2, 0.25) is 0 Å². The van der Waals surface area contributed by atoms with Crippen molar-refractivity contribution in [2.75, 3.05) is 0 Å². The van der Waals surface area contributed by atoms with E-state index in [0.29, 0.717) is 44.6 Å². The molecule has 0 saturated heterocycles. The summed E-state index contributed by atoms with van der Waals surface area (Å²) in [6.45, 7) is 0. The summed E-state index contributed by atoms with van der Waals surface area (Å²) >= 11 is 0. The second-order valence-corrected chi connectivity index (χ2v) is 14.5. The molecular formula is C49H25B6N3O. The molecule has 10 aromatic rings. The van der Waals surface area contributed by atoms with Crippen molar-refractivity contribution < 1.29 is 4.42 Å². The van der Waals surface area contributed by atoms with Crippen LogP contribution < -0.4 is 32.8 Å². The second kappa shape index (κ2) is 14.6. The van der Waals surface area contributed by atoms with Gasteiger partial charge in [-0.2, -0.15) is 0 Å². The Morgan fingerprint density at radius 2 is 0.814 bits per heavy atom. The van der Waals surface area contributed by atoms with Gasteiger partial charge in [0.25, 0.3) is 0 Å². The van der Waals surface area contributed by atoms with E-state index in [1.807, 2.05) is 72.8 Å². The van der Waals surface area contributed by atoms with E-state index in [2.05, 4.69) is 78.9 Å². The third-order valence-electron chi connectivity index (χ3n) is 11.0. The maximum atomic E-state index is 7.23. The van der Waals surface area contributed by atoms with Gasteiger partial charge in [0.15, 0.2) is 17.5 Å². The quantitative estimate of drug-likeness (QED) is 0.206. The lowest BCUT2D eigenvalue weighted by Gasteiger charge is -2.18. The molecule has 10 rings (SSSR count). The molecule has 0 N–H and O–H groups in total. The minimum Gasteiger partial charge on any atom is -0.457 e. The maximum Gasteiger partial charge on any atom is 0.164 e. The highest BCUT2D eigenvalue weighted by molar-refractivity contribution is 6.67. The first-order valence-corrected chi connectivity index (χ1v) is 19.0. The molecule has 260 valence electrons. The minimum absolute atomic E-state index is 0.113. The topological polar surface area (TPSA) is 51.8 Å². The fourth-order valence-electron chi connectivity index (χ4n) is 7.91. The van der Waals surface area contributed by atoms with Crippen molar-refractivity contribution >= 4 is 113 Å². The summed E-state index contributed by atoms with van der Waals surface area (Å²) in [5.74, 6) is 1.14. The Morgan fingerprint density at radius 3 is 1.51 bits per heavy atom. The lowest BCUT2D eigenvalue weighted by molar-refractivity contribution is 0.675. The van der Waals surface area contributed by atoms with E-state index < -0.39 is 0 Å². The van der Waals surface area contributed by atoms with Crippen molar-refractivity contribution in [3.8, 4) is 67.5 Å². The molecule has 2 aromatic heterocycles. The number of nitrogens with zero attached hydrogens (tertiary/aromatic N) is 3. The Balaban J connectivity index is 1.18. The van der Waals surface area contributed by atoms with E-state index in [-0.39, 0.29) is 38.7 Å². The summed E-state index contributed by atoms with van der Waals surface area (Å²) in [7, 11) is 40.2. The molecule has 0 saturated carbocycles. The Hall–Kier alpha value is -6.78. The molecule has 8 aromatic carbocycles. The minimum atomic E-state index is 0.113. The van der Waals surface area contributed by atoms with E-state index in [1.54, 1.807) is 0 Å². The van der Waals surface area contributed by atoms with Crippen LogP contribution in [0.25, 0.3) is 100 Å². The molecule has 0 fully saturated rings. The van der Waals surface area contributed by atoms with Crippen LogP contribution in [0.5, 0.6) is 0 Å². The lowest BCUT2D eigenvalue weighted by Crippen LogP contribution is -2.47. The zero-order chi connectivity index (χ0) is 40.4. The number of furan rings is 1. The fourth-order valence-corrected chi connectivity index (χ4v) is 7.91. The van der Waals surface area contributed by atoms with E-state index in [4.69, 9.17) is 66.4 Å². The van der Waals surface area contributed by atoms with Crippen LogP contribution in [-0.4, -0.2) is 62.0 Å². The van der Waals surface area contributed by atoms with Gasteiger partial charge in [0.05, 0.1) is 0 Å². The van der Waals surface area contributed by atoms with Gasteiger partial charge in [0.2, 0.25) is 0 Å². The van der Waals surface area contributed by atoms with E-state index in [0.717, 1.165) is 38.9 Å². The SMILES string of the molecule is [B]c1c([B])c([B])c2c(oc3c([B])c(-c4ccccc4)c([B])c(-c4nc(-c5ccccc5)nc(-c5cccc(-c6ccc(-c7ccc8ccccc8c7)cc6)c5)n4)c32)c1[B]. The molecule has 0 amide bonds. The van der Waals surface area contributed by atoms with Gasteiger partial charge in [-0.15, -0.1) is 10.9 Å². The molecule has 0 spiro atoms. The maximum absolute atomic E-state index is 7.23. The first kappa shape index (κ1) is 36.6. The summed E-state index contributed by atoms with van der Waals surface area (Å²) < 4.78 is 6.47. The molecule has 0 atom stereocenters. The summed E-state index contributed by atoms with van der Waals surface area (Å²) in [5, 5.41) is 3.29. The Bertz CT molecular complexity index is 3280. The van der Waals surface area contributed by atoms with Crippen molar-refractivity contribution in [1.29, 1.82) is 0 Å². The molecule has 0 bridgehead atoms. The normalized spacial score (nSPS) is 11.5. The Kier molecular flexibility index (Phi) is 9.02. The summed E-state index contributed by atoms with van der Waals surface area (Å²) in [6, 6.07) is 50.9. The molecule has 10 heteroatoms. The van der Waals surface area contributed by atoms with Crippen molar-refractivity contribution in [1.82, 2.24) is 15.0 Å². The van der Waals surface area contributed by atoms with Crippen LogP contribution in [0.3, 0.4) is 0 Å². The highest BCUT2D eigenvalue weighted by Gasteiger charge is 2.26. The van der Waals surface area contributed by atoms with Crippen molar-refractivity contribution in [2.24, 2.45) is 0 Å². The van der Waals surface area contributed by atoms with Crippen LogP contribution in [0.1, 0.15) is 0 Å². The number of hydrogen-bond donors (Lipinski definition) is 0. The van der Waals surface area contributed by atoms with Gasteiger partial charge in [-0.25, -0.2) is 15.0 Å². The van der Waals surface area contributed by atoms with Crippen molar-refractivity contribution in [2.45, 2.75) is 0 Å². The van der Waals surface area contributed by atoms with Gasteiger partial charge in [-0.1, -0.05) is 156 Å². The van der Waals surface area contributed by atoms with Gasteiger partial charge in [-0.05, 0) is 61.7 Å². The molecule has 0 aliphatic rings. The van der Waals surface area contributed by atoms with E-state index in [1.165, 1.54) is 10.8 Å². The first-order valence-electron chi connectivity index (χ1n) is 19.0. The lowest BCUT2D eigenvalue weighted by atomic mass is 9.65. The summed E-state index contributed by atoms with van der Waals surface area (Å²) in [5.41, 5.74) is 9.30. The zero-order valence-electron chi connectivity index (χ0n) is 31.6. The highest BCUT2D eigenvalue weighted by atomic mass is 16.3. The number of fused-ring (bicyclic) bond motifs is 4. The predicted molar refractivity (Wildman–Crippen MR) is 250 cm³/mol. The first-order chi connectivity index (χ1) is 28.7. The molecule has 59 heavy (non-hydrogen) atoms. The summed E-state index contributed by atoms with van der Waals surface area (Å²) in [4.78, 5) is 15.3. The highest BCUT2D eigenvalue weighted by Crippen LogP contribution is 2.37. The zero-order valence-corrected chi connectivity index (χ0v) is 31.6. The van der Waals surface area contributed by atoms with Crippen LogP contribution in [-0.2, 0) is 0 Å². The Labute approximate surface area is 349 Å². The van der Waals surface area contributed by atoms with E-state index in [9.17, 15) is 0 Å². The molecule has 0 unspecified atom stereocenters. The van der Waals surface area contributed by atoms with Gasteiger partial charge < -0.3 is 4.42 Å². The molecule has 4 nitrogen and oxygen atoms in total. The second-order valence-electron chi connectivity index (χ2n) is 14.5. The number of benzene rings is 8. The Morgan fingerprint density at radius 1 is 0.305 bits per heavy atom. The van der Waals surface area contributed by atoms with Crippen LogP contribution in [0.4, 0.5) is 0 Å². The molecular weight excluding hydrogens is 711 g/mol. The third-order valence-corrected chi connectivity index (χ3v) is 11.0. The average Bonchev–Trinajstić information content (AvgIpc) is 3.69. The van der Waals surface area contributed by atoms with Crippen molar-refractivity contribution in [3.05, 3.63) is 152 Å². The fraction of sp³-hybridized carbons (Fsp3) is 0. The monoisotopic (exact) mass is 737 g/mol. The molecule has 2 heterocycles. The largest absolute Gasteiger partial charge is 0.457 e. The van der Waals surface area contributed by atoms with Crippen LogP contribution in [0, 0.1) is 0 Å². The molecule has 12 radical (unpaired) electrons. The average molecular weight is 737 g/mol. The predicted octanol–water partition coefficient (Wildman–Crippen LogP) is 5.69. The molecule has 0 aliphatic carbocycles. The number of aromatic nitrogens is 3. The van der Waals surface area contributed by atoms with Crippen LogP contribution >= 0.6 is 0 Å². The third kappa shape index (κ3) is 6.22. The van der Waals surface area contributed by atoms with Crippen LogP contribution in [0.15, 0.2) is 156 Å². The standard InChI is InChI=1S/C49H25B6N3O/c50-39-35(29-11-3-1-4-12-29)41(52)45-36(37-40(51)42(53)43(54)44(55)46(37)59-45)38(39)49-57-47(30-13-5-2-6-14-30)56-48(58-49)34-17-9-16-32(25-34)27-18-20-28(21-19-27)33-23-22-26-10-7-8-15-31(26)24-33/h1-25H. The molecule has 0 aliphatic heterocycles. The van der Waals surface area contributed by atoms with Gasteiger partial charge in [-0.3, -0.25) is 0 Å². The van der Waals surface area contributed by atoms with Gasteiger partial charge in [0.1, 0.15) is 58.2 Å². The smallest absolute Gasteiger partial charge is 0.164 e. The number of rotatable bonds is 6. The van der Waals surface area contributed by atoms with Gasteiger partial charge >= 0.3 is 0 Å². The van der Waals surface area contributed by atoms with Gasteiger partial charge in [0, 0.05) is 27.5 Å². The van der Waals surface area contributed by atoms with Crippen molar-refractivity contribution in [3.63, 3.8) is 0 Å². The summed E-state index contributed by atoms with van der Waals surface area (Å²) in [6.07, 6.45) is 0. The van der Waals surface area contributed by atoms with E-state index >= 15 is 0 Å².